The van der Waals surface area contributed by atoms with Gasteiger partial charge in [-0.25, -0.2) is 13.2 Å². The third-order valence-corrected chi connectivity index (χ3v) is 5.31. The van der Waals surface area contributed by atoms with E-state index in [0.29, 0.717) is 5.39 Å². The van der Waals surface area contributed by atoms with Crippen molar-refractivity contribution in [3.63, 3.8) is 0 Å². The summed E-state index contributed by atoms with van der Waals surface area (Å²) < 4.78 is 83.9. The number of hydrogen-bond acceptors (Lipinski definition) is 1. The predicted molar refractivity (Wildman–Crippen MR) is 120 cm³/mol. The van der Waals surface area contributed by atoms with E-state index in [-0.39, 0.29) is 11.1 Å². The second kappa shape index (κ2) is 11.3. The van der Waals surface area contributed by atoms with Gasteiger partial charge in [0.15, 0.2) is 24.0 Å². The summed E-state index contributed by atoms with van der Waals surface area (Å²) in [5, 5.41) is 1.12. The zero-order chi connectivity index (χ0) is 24.7. The van der Waals surface area contributed by atoms with Crippen LogP contribution in [-0.2, 0) is 6.42 Å². The van der Waals surface area contributed by atoms with Crippen LogP contribution in [0, 0.1) is 29.3 Å². The molecule has 0 aliphatic heterocycles. The molecule has 0 fully saturated rings. The number of rotatable bonds is 8. The van der Waals surface area contributed by atoms with E-state index in [1.54, 1.807) is 12.1 Å². The molecule has 0 bridgehead atoms. The molecular weight excluding hydrogens is 454 g/mol. The fourth-order valence-corrected chi connectivity index (χ4v) is 3.59. The topological polar surface area (TPSA) is 9.23 Å². The van der Waals surface area contributed by atoms with E-state index in [1.807, 2.05) is 12.1 Å². The molecule has 0 aromatic heterocycles. The average Bonchev–Trinajstić information content (AvgIpc) is 2.77. The summed E-state index contributed by atoms with van der Waals surface area (Å²) in [4.78, 5) is 0. The van der Waals surface area contributed by atoms with Crippen LogP contribution in [0.2, 0.25) is 0 Å². The Balaban J connectivity index is 1.76. The molecule has 3 aromatic carbocycles. The summed E-state index contributed by atoms with van der Waals surface area (Å²) in [5.41, 5.74) is 1.01. The molecule has 0 radical (unpaired) electrons. The van der Waals surface area contributed by atoms with E-state index < -0.39 is 36.0 Å². The maximum Gasteiger partial charge on any atom is 0.422 e. The molecule has 1 nitrogen and oxygen atoms in total. The molecule has 180 valence electrons. The molecule has 0 aliphatic rings. The van der Waals surface area contributed by atoms with Crippen molar-refractivity contribution in [3.8, 4) is 17.6 Å². The summed E-state index contributed by atoms with van der Waals surface area (Å²) in [6, 6.07) is 10.2. The standard InChI is InChI=1S/C27H24F6O/c1-2-3-4-5-6-7-18-9-13-22-21(14-18)12-11-20(25(22)30)10-8-19-15-23(28)26(24(29)16-19)34-17-27(31,32)33/h9,11-16H,2-7,17H2,1H3. The maximum atomic E-state index is 15.0. The SMILES string of the molecule is CCCCCCCc1ccc2c(F)c(C#Cc3cc(F)c(OCC(F)(F)F)c(F)c3)ccc2c1. The first kappa shape index (κ1) is 25.5. The quantitative estimate of drug-likeness (QED) is 0.181. The zero-order valence-corrected chi connectivity index (χ0v) is 18.7. The fourth-order valence-electron chi connectivity index (χ4n) is 3.59. The highest BCUT2D eigenvalue weighted by molar-refractivity contribution is 5.85. The van der Waals surface area contributed by atoms with Gasteiger partial charge in [-0.2, -0.15) is 13.2 Å². The summed E-state index contributed by atoms with van der Waals surface area (Å²) in [5.74, 6) is 0.660. The van der Waals surface area contributed by atoms with Crippen molar-refractivity contribution in [3.05, 3.63) is 76.6 Å². The van der Waals surface area contributed by atoms with Crippen molar-refractivity contribution in [1.82, 2.24) is 0 Å². The molecule has 0 saturated carbocycles. The summed E-state index contributed by atoms with van der Waals surface area (Å²) >= 11 is 0. The molecular formula is C27H24F6O. The third kappa shape index (κ3) is 6.93. The molecule has 0 atom stereocenters. The van der Waals surface area contributed by atoms with E-state index >= 15 is 0 Å². The van der Waals surface area contributed by atoms with Crippen molar-refractivity contribution >= 4 is 10.8 Å². The van der Waals surface area contributed by atoms with Gasteiger partial charge in [-0.15, -0.1) is 0 Å². The van der Waals surface area contributed by atoms with Crippen LogP contribution in [0.3, 0.4) is 0 Å². The Morgan fingerprint density at radius 3 is 2.21 bits per heavy atom. The summed E-state index contributed by atoms with van der Waals surface area (Å²) in [7, 11) is 0. The highest BCUT2D eigenvalue weighted by Crippen LogP contribution is 2.26. The monoisotopic (exact) mass is 478 g/mol. The predicted octanol–water partition coefficient (Wildman–Crippen LogP) is 8.11. The molecule has 0 saturated heterocycles. The Morgan fingerprint density at radius 2 is 1.53 bits per heavy atom. The minimum Gasteiger partial charge on any atom is -0.478 e. The maximum absolute atomic E-state index is 15.0. The van der Waals surface area contributed by atoms with E-state index in [1.165, 1.54) is 25.3 Å². The number of benzene rings is 3. The average molecular weight is 478 g/mol. The lowest BCUT2D eigenvalue weighted by Gasteiger charge is -2.10. The van der Waals surface area contributed by atoms with Gasteiger partial charge in [0.25, 0.3) is 0 Å². The Bertz CT molecular complexity index is 1180. The molecule has 0 spiro atoms. The highest BCUT2D eigenvalue weighted by Gasteiger charge is 2.29. The van der Waals surface area contributed by atoms with Crippen LogP contribution < -0.4 is 4.74 Å². The normalized spacial score (nSPS) is 11.4. The number of halogens is 6. The van der Waals surface area contributed by atoms with Crippen molar-refractivity contribution in [2.75, 3.05) is 6.61 Å². The Labute approximate surface area is 194 Å². The second-order valence-corrected chi connectivity index (χ2v) is 8.07. The van der Waals surface area contributed by atoms with Crippen LogP contribution in [0.25, 0.3) is 10.8 Å². The number of ether oxygens (including phenoxy) is 1. The summed E-state index contributed by atoms with van der Waals surface area (Å²) in [6.45, 7) is 0.342. The van der Waals surface area contributed by atoms with E-state index in [2.05, 4.69) is 23.5 Å². The van der Waals surface area contributed by atoms with Gasteiger partial charge in [-0.1, -0.05) is 68.7 Å². The molecule has 3 rings (SSSR count). The number of fused-ring (bicyclic) bond motifs is 1. The van der Waals surface area contributed by atoms with Gasteiger partial charge in [0.2, 0.25) is 0 Å². The summed E-state index contributed by atoms with van der Waals surface area (Å²) in [6.07, 6.45) is 2.03. The number of hydrogen-bond donors (Lipinski definition) is 0. The van der Waals surface area contributed by atoms with Gasteiger partial charge in [0.1, 0.15) is 5.82 Å². The number of alkyl halides is 3. The van der Waals surface area contributed by atoms with Crippen LogP contribution in [0.15, 0.2) is 42.5 Å². The van der Waals surface area contributed by atoms with E-state index in [9.17, 15) is 26.3 Å². The number of aryl methyl sites for hydroxylation is 1. The van der Waals surface area contributed by atoms with Crippen molar-refractivity contribution in [1.29, 1.82) is 0 Å². The smallest absolute Gasteiger partial charge is 0.422 e. The van der Waals surface area contributed by atoms with Crippen molar-refractivity contribution in [2.45, 2.75) is 51.6 Å². The Morgan fingerprint density at radius 1 is 0.824 bits per heavy atom. The van der Waals surface area contributed by atoms with Crippen molar-refractivity contribution in [2.24, 2.45) is 0 Å². The van der Waals surface area contributed by atoms with Gasteiger partial charge in [-0.3, -0.25) is 0 Å². The van der Waals surface area contributed by atoms with E-state index in [0.717, 1.165) is 42.3 Å². The van der Waals surface area contributed by atoms with E-state index in [4.69, 9.17) is 0 Å². The lowest BCUT2D eigenvalue weighted by molar-refractivity contribution is -0.154. The third-order valence-electron chi connectivity index (χ3n) is 5.31. The lowest BCUT2D eigenvalue weighted by atomic mass is 10.00. The van der Waals surface area contributed by atoms with Crippen LogP contribution >= 0.6 is 0 Å². The largest absolute Gasteiger partial charge is 0.478 e. The molecule has 0 unspecified atom stereocenters. The fraction of sp³-hybridized carbons (Fsp3) is 0.333. The zero-order valence-electron chi connectivity index (χ0n) is 18.7. The van der Waals surface area contributed by atoms with Gasteiger partial charge < -0.3 is 4.74 Å². The van der Waals surface area contributed by atoms with Gasteiger partial charge in [0.05, 0.1) is 5.56 Å². The Kier molecular flexibility index (Phi) is 8.49. The van der Waals surface area contributed by atoms with Crippen LogP contribution in [0.4, 0.5) is 26.3 Å². The highest BCUT2D eigenvalue weighted by atomic mass is 19.4. The molecule has 0 heterocycles. The van der Waals surface area contributed by atoms with Gasteiger partial charge in [0, 0.05) is 10.9 Å². The first-order valence-corrected chi connectivity index (χ1v) is 11.1. The first-order valence-electron chi connectivity index (χ1n) is 11.1. The lowest BCUT2D eigenvalue weighted by Crippen LogP contribution is -2.20. The molecule has 34 heavy (non-hydrogen) atoms. The van der Waals surface area contributed by atoms with Crippen LogP contribution in [0.1, 0.15) is 55.7 Å². The minimum atomic E-state index is -4.74. The van der Waals surface area contributed by atoms with Crippen LogP contribution in [-0.4, -0.2) is 12.8 Å². The molecule has 0 amide bonds. The molecule has 3 aromatic rings. The molecule has 7 heteroatoms. The van der Waals surface area contributed by atoms with Crippen LogP contribution in [0.5, 0.6) is 5.75 Å². The first-order chi connectivity index (χ1) is 16.2. The molecule has 0 N–H and O–H groups in total. The Hall–Kier alpha value is -3.14. The number of unbranched alkanes of at least 4 members (excludes halogenated alkanes) is 4. The van der Waals surface area contributed by atoms with Crippen molar-refractivity contribution < 1.29 is 31.1 Å². The molecule has 0 aliphatic carbocycles. The van der Waals surface area contributed by atoms with Gasteiger partial charge >= 0.3 is 6.18 Å². The second-order valence-electron chi connectivity index (χ2n) is 8.07. The minimum absolute atomic E-state index is 0.0398. The van der Waals surface area contributed by atoms with Gasteiger partial charge in [-0.05, 0) is 42.0 Å².